The number of amides is 1. The summed E-state index contributed by atoms with van der Waals surface area (Å²) in [5.74, 6) is -1.97. The minimum absolute atomic E-state index is 0.0329. The van der Waals surface area contributed by atoms with Gasteiger partial charge in [0.15, 0.2) is 11.6 Å². The molecule has 0 fully saturated rings. The molecule has 1 aromatic heterocycles. The molecule has 30 heavy (non-hydrogen) atoms. The number of hydrogen-bond acceptors (Lipinski definition) is 4. The Labute approximate surface area is 171 Å². The number of carbonyl (C=O) groups excluding carboxylic acids is 1. The zero-order valence-corrected chi connectivity index (χ0v) is 15.6. The second-order valence-electron chi connectivity index (χ2n) is 6.44. The number of nitrogens with one attached hydrogen (secondary N) is 2. The molecular formula is C23H16F2N4O. The number of anilines is 3. The van der Waals surface area contributed by atoms with E-state index >= 15 is 0 Å². The first kappa shape index (κ1) is 19.2. The van der Waals surface area contributed by atoms with Crippen molar-refractivity contribution in [1.29, 1.82) is 0 Å². The molecule has 0 aliphatic carbocycles. The van der Waals surface area contributed by atoms with E-state index in [0.29, 0.717) is 11.5 Å². The predicted molar refractivity (Wildman–Crippen MR) is 112 cm³/mol. The van der Waals surface area contributed by atoms with Gasteiger partial charge in [0.25, 0.3) is 5.91 Å². The van der Waals surface area contributed by atoms with Crippen molar-refractivity contribution in [2.24, 2.45) is 0 Å². The van der Waals surface area contributed by atoms with Crippen molar-refractivity contribution < 1.29 is 13.6 Å². The van der Waals surface area contributed by atoms with Crippen LogP contribution in [0.1, 0.15) is 10.4 Å². The van der Waals surface area contributed by atoms with Crippen molar-refractivity contribution in [3.8, 4) is 11.3 Å². The Kier molecular flexibility index (Phi) is 5.43. The molecule has 4 aromatic rings. The Balaban J connectivity index is 1.44. The summed E-state index contributed by atoms with van der Waals surface area (Å²) < 4.78 is 26.3. The van der Waals surface area contributed by atoms with Crippen molar-refractivity contribution >= 4 is 23.1 Å². The highest BCUT2D eigenvalue weighted by molar-refractivity contribution is 6.04. The van der Waals surface area contributed by atoms with Gasteiger partial charge >= 0.3 is 0 Å². The van der Waals surface area contributed by atoms with E-state index in [1.165, 1.54) is 12.4 Å². The van der Waals surface area contributed by atoms with E-state index in [4.69, 9.17) is 0 Å². The molecule has 0 bridgehead atoms. The number of halogens is 2. The topological polar surface area (TPSA) is 66.9 Å². The van der Waals surface area contributed by atoms with Crippen molar-refractivity contribution in [3.63, 3.8) is 0 Å². The van der Waals surface area contributed by atoms with E-state index in [1.807, 2.05) is 36.4 Å². The van der Waals surface area contributed by atoms with Gasteiger partial charge in [-0.15, -0.1) is 0 Å². The normalized spacial score (nSPS) is 10.5. The van der Waals surface area contributed by atoms with E-state index in [9.17, 15) is 13.6 Å². The van der Waals surface area contributed by atoms with Gasteiger partial charge < -0.3 is 10.6 Å². The molecular weight excluding hydrogens is 386 g/mol. The molecule has 0 saturated carbocycles. The Morgan fingerprint density at radius 2 is 1.50 bits per heavy atom. The summed E-state index contributed by atoms with van der Waals surface area (Å²) in [7, 11) is 0. The standard InChI is InChI=1S/C23H16F2N4O/c24-19-11-6-16(12-20(19)25)23(30)29-18-9-7-17(8-10-18)28-22-13-21(26-14-27-22)15-4-2-1-3-5-15/h1-14H,(H,29,30)(H,26,27,28). The van der Waals surface area contributed by atoms with Crippen molar-refractivity contribution in [2.75, 3.05) is 10.6 Å². The molecule has 0 radical (unpaired) electrons. The highest BCUT2D eigenvalue weighted by Gasteiger charge is 2.10. The summed E-state index contributed by atoms with van der Waals surface area (Å²) in [5.41, 5.74) is 3.09. The number of aromatic nitrogens is 2. The molecule has 0 atom stereocenters. The van der Waals surface area contributed by atoms with Gasteiger partial charge in [0, 0.05) is 28.6 Å². The lowest BCUT2D eigenvalue weighted by molar-refractivity contribution is 0.102. The fourth-order valence-corrected chi connectivity index (χ4v) is 2.82. The molecule has 4 rings (SSSR count). The minimum atomic E-state index is -1.07. The maximum absolute atomic E-state index is 13.3. The van der Waals surface area contributed by atoms with Crippen LogP contribution in [0.4, 0.5) is 26.0 Å². The van der Waals surface area contributed by atoms with Gasteiger partial charge in [0.05, 0.1) is 5.69 Å². The summed E-state index contributed by atoms with van der Waals surface area (Å²) in [6.07, 6.45) is 1.49. The van der Waals surface area contributed by atoms with Crippen LogP contribution in [0.15, 0.2) is 85.2 Å². The summed E-state index contributed by atoms with van der Waals surface area (Å²) in [5, 5.41) is 5.83. The number of hydrogen-bond donors (Lipinski definition) is 2. The van der Waals surface area contributed by atoms with Crippen LogP contribution in [0.3, 0.4) is 0 Å². The van der Waals surface area contributed by atoms with Crippen LogP contribution >= 0.6 is 0 Å². The highest BCUT2D eigenvalue weighted by Crippen LogP contribution is 2.22. The Morgan fingerprint density at radius 1 is 0.767 bits per heavy atom. The first-order chi connectivity index (χ1) is 14.6. The minimum Gasteiger partial charge on any atom is -0.340 e. The van der Waals surface area contributed by atoms with Crippen molar-refractivity contribution in [1.82, 2.24) is 9.97 Å². The van der Waals surface area contributed by atoms with Gasteiger partial charge in [0.1, 0.15) is 12.1 Å². The van der Waals surface area contributed by atoms with E-state index in [-0.39, 0.29) is 5.56 Å². The molecule has 0 spiro atoms. The average Bonchev–Trinajstić information content (AvgIpc) is 2.78. The molecule has 0 saturated heterocycles. The lowest BCUT2D eigenvalue weighted by atomic mass is 10.1. The molecule has 0 unspecified atom stereocenters. The van der Waals surface area contributed by atoms with Crippen molar-refractivity contribution in [2.45, 2.75) is 0 Å². The number of nitrogens with zero attached hydrogens (tertiary/aromatic N) is 2. The SMILES string of the molecule is O=C(Nc1ccc(Nc2cc(-c3ccccc3)ncn2)cc1)c1ccc(F)c(F)c1. The molecule has 1 amide bonds. The first-order valence-electron chi connectivity index (χ1n) is 9.09. The monoisotopic (exact) mass is 402 g/mol. The summed E-state index contributed by atoms with van der Waals surface area (Å²) in [6.45, 7) is 0. The van der Waals surface area contributed by atoms with Gasteiger partial charge in [-0.05, 0) is 42.5 Å². The second kappa shape index (κ2) is 8.48. The fourth-order valence-electron chi connectivity index (χ4n) is 2.82. The maximum Gasteiger partial charge on any atom is 0.255 e. The second-order valence-corrected chi connectivity index (χ2v) is 6.44. The van der Waals surface area contributed by atoms with Crippen LogP contribution in [0, 0.1) is 11.6 Å². The smallest absolute Gasteiger partial charge is 0.255 e. The molecule has 0 aliphatic heterocycles. The molecule has 5 nitrogen and oxygen atoms in total. The molecule has 7 heteroatoms. The Bertz CT molecular complexity index is 1180. The summed E-state index contributed by atoms with van der Waals surface area (Å²) >= 11 is 0. The lowest BCUT2D eigenvalue weighted by Gasteiger charge is -2.09. The zero-order chi connectivity index (χ0) is 20.9. The van der Waals surface area contributed by atoms with E-state index in [0.717, 1.165) is 29.1 Å². The Hall–Kier alpha value is -4.13. The summed E-state index contributed by atoms with van der Waals surface area (Å²) in [4.78, 5) is 20.7. The molecule has 0 aliphatic rings. The average molecular weight is 402 g/mol. The quantitative estimate of drug-likeness (QED) is 0.468. The number of benzene rings is 3. The molecule has 3 aromatic carbocycles. The van der Waals surface area contributed by atoms with Gasteiger partial charge in [-0.25, -0.2) is 18.7 Å². The zero-order valence-electron chi connectivity index (χ0n) is 15.6. The first-order valence-corrected chi connectivity index (χ1v) is 9.09. The van der Waals surface area contributed by atoms with Crippen LogP contribution in [-0.2, 0) is 0 Å². The van der Waals surface area contributed by atoms with Crippen LogP contribution in [-0.4, -0.2) is 15.9 Å². The fraction of sp³-hybridized carbons (Fsp3) is 0. The van der Waals surface area contributed by atoms with Crippen LogP contribution in [0.25, 0.3) is 11.3 Å². The van der Waals surface area contributed by atoms with Crippen molar-refractivity contribution in [3.05, 3.63) is 102 Å². The van der Waals surface area contributed by atoms with E-state index in [2.05, 4.69) is 20.6 Å². The van der Waals surface area contributed by atoms with E-state index < -0.39 is 17.5 Å². The third-order valence-electron chi connectivity index (χ3n) is 4.33. The van der Waals surface area contributed by atoms with Gasteiger partial charge in [0.2, 0.25) is 0 Å². The maximum atomic E-state index is 13.3. The molecule has 148 valence electrons. The third kappa shape index (κ3) is 4.47. The Morgan fingerprint density at radius 3 is 2.23 bits per heavy atom. The molecule has 1 heterocycles. The van der Waals surface area contributed by atoms with E-state index in [1.54, 1.807) is 24.3 Å². The molecule has 2 N–H and O–H groups in total. The third-order valence-corrected chi connectivity index (χ3v) is 4.33. The van der Waals surface area contributed by atoms with Crippen LogP contribution in [0.5, 0.6) is 0 Å². The van der Waals surface area contributed by atoms with Crippen LogP contribution < -0.4 is 10.6 Å². The predicted octanol–water partition coefficient (Wildman–Crippen LogP) is 5.42. The number of carbonyl (C=O) groups is 1. The van der Waals surface area contributed by atoms with Gasteiger partial charge in [-0.1, -0.05) is 30.3 Å². The lowest BCUT2D eigenvalue weighted by Crippen LogP contribution is -2.12. The largest absolute Gasteiger partial charge is 0.340 e. The van der Waals surface area contributed by atoms with Gasteiger partial charge in [-0.3, -0.25) is 4.79 Å². The van der Waals surface area contributed by atoms with Crippen LogP contribution in [0.2, 0.25) is 0 Å². The van der Waals surface area contributed by atoms with Gasteiger partial charge in [-0.2, -0.15) is 0 Å². The highest BCUT2D eigenvalue weighted by atomic mass is 19.2. The number of rotatable bonds is 5. The summed E-state index contributed by atoms with van der Waals surface area (Å²) in [6, 6.07) is 21.5.